The molecule has 0 aliphatic heterocycles. The van der Waals surface area contributed by atoms with Crippen LogP contribution in [0.5, 0.6) is 0 Å². The number of hydrogen-bond donors (Lipinski definition) is 1. The highest BCUT2D eigenvalue weighted by atomic mass is 16.5. The summed E-state index contributed by atoms with van der Waals surface area (Å²) in [5.74, 6) is 0. The number of methoxy groups -OCH3 is 1. The average molecular weight is 231 g/mol. The molecular weight excluding hydrogens is 214 g/mol. The van der Waals surface area contributed by atoms with Crippen LogP contribution in [0.2, 0.25) is 0 Å². The average Bonchev–Trinajstić information content (AvgIpc) is 2.33. The Morgan fingerprint density at radius 3 is 3.00 bits per heavy atom. The molecule has 1 N–H and O–H groups in total. The first-order chi connectivity index (χ1) is 8.28. The minimum absolute atomic E-state index is 0.0467. The standard InChI is InChI=1S/C13H17N3O/c1-17-13(4-2-5-13)10-15-9-11-3-6-16-12(7-11)8-14/h3,6-7,15H,2,4-5,9-10H2,1H3. The van der Waals surface area contributed by atoms with E-state index in [1.807, 2.05) is 18.2 Å². The highest BCUT2D eigenvalue weighted by molar-refractivity contribution is 5.25. The van der Waals surface area contributed by atoms with Gasteiger partial charge in [0.1, 0.15) is 11.8 Å². The summed E-state index contributed by atoms with van der Waals surface area (Å²) in [6.07, 6.45) is 5.20. The maximum atomic E-state index is 8.75. The number of nitrogens with one attached hydrogen (secondary N) is 1. The lowest BCUT2D eigenvalue weighted by Gasteiger charge is -2.40. The summed E-state index contributed by atoms with van der Waals surface area (Å²) in [6, 6.07) is 5.78. The number of aromatic nitrogens is 1. The van der Waals surface area contributed by atoms with Crippen LogP contribution < -0.4 is 5.32 Å². The van der Waals surface area contributed by atoms with Gasteiger partial charge in [-0.2, -0.15) is 5.26 Å². The zero-order valence-corrected chi connectivity index (χ0v) is 10.1. The molecule has 17 heavy (non-hydrogen) atoms. The number of nitriles is 1. The molecule has 0 saturated heterocycles. The van der Waals surface area contributed by atoms with Gasteiger partial charge in [-0.1, -0.05) is 0 Å². The maximum Gasteiger partial charge on any atom is 0.140 e. The van der Waals surface area contributed by atoms with Gasteiger partial charge in [-0.15, -0.1) is 0 Å². The van der Waals surface area contributed by atoms with Crippen molar-refractivity contribution in [3.63, 3.8) is 0 Å². The smallest absolute Gasteiger partial charge is 0.140 e. The summed E-state index contributed by atoms with van der Waals surface area (Å²) in [4.78, 5) is 3.94. The van der Waals surface area contributed by atoms with Gasteiger partial charge < -0.3 is 10.1 Å². The zero-order chi connectivity index (χ0) is 12.1. The molecule has 1 aromatic heterocycles. The van der Waals surface area contributed by atoms with Gasteiger partial charge in [0.05, 0.1) is 5.60 Å². The van der Waals surface area contributed by atoms with Crippen molar-refractivity contribution in [3.8, 4) is 6.07 Å². The minimum atomic E-state index is 0.0467. The summed E-state index contributed by atoms with van der Waals surface area (Å²) in [5.41, 5.74) is 1.60. The molecule has 4 nitrogen and oxygen atoms in total. The summed E-state index contributed by atoms with van der Waals surface area (Å²) in [5, 5.41) is 12.1. The van der Waals surface area contributed by atoms with Crippen molar-refractivity contribution in [1.29, 1.82) is 5.26 Å². The fraction of sp³-hybridized carbons (Fsp3) is 0.538. The van der Waals surface area contributed by atoms with Gasteiger partial charge >= 0.3 is 0 Å². The first-order valence-corrected chi connectivity index (χ1v) is 5.89. The van der Waals surface area contributed by atoms with Crippen molar-refractivity contribution in [2.24, 2.45) is 0 Å². The lowest BCUT2D eigenvalue weighted by molar-refractivity contribution is -0.0695. The molecule has 1 fully saturated rings. The van der Waals surface area contributed by atoms with Gasteiger partial charge in [0.15, 0.2) is 0 Å². The normalized spacial score (nSPS) is 17.2. The van der Waals surface area contributed by atoms with E-state index in [0.717, 1.165) is 31.5 Å². The Morgan fingerprint density at radius 2 is 2.41 bits per heavy atom. The number of ether oxygens (including phenoxy) is 1. The van der Waals surface area contributed by atoms with E-state index in [9.17, 15) is 0 Å². The third-order valence-electron chi connectivity index (χ3n) is 3.41. The molecule has 1 aromatic rings. The second-order valence-corrected chi connectivity index (χ2v) is 4.51. The van der Waals surface area contributed by atoms with E-state index in [1.165, 1.54) is 6.42 Å². The molecule has 0 radical (unpaired) electrons. The minimum Gasteiger partial charge on any atom is -0.377 e. The number of hydrogen-bond acceptors (Lipinski definition) is 4. The molecule has 0 unspecified atom stereocenters. The quantitative estimate of drug-likeness (QED) is 0.836. The number of rotatable bonds is 5. The molecule has 90 valence electrons. The molecule has 1 aliphatic rings. The van der Waals surface area contributed by atoms with Crippen molar-refractivity contribution in [3.05, 3.63) is 29.6 Å². The Morgan fingerprint density at radius 1 is 1.59 bits per heavy atom. The van der Waals surface area contributed by atoms with E-state index in [0.29, 0.717) is 5.69 Å². The topological polar surface area (TPSA) is 57.9 Å². The van der Waals surface area contributed by atoms with E-state index >= 15 is 0 Å². The van der Waals surface area contributed by atoms with Crippen LogP contribution in [0.1, 0.15) is 30.5 Å². The Balaban J connectivity index is 1.83. The molecule has 1 aliphatic carbocycles. The van der Waals surface area contributed by atoms with Crippen molar-refractivity contribution in [2.45, 2.75) is 31.4 Å². The maximum absolute atomic E-state index is 8.75. The summed E-state index contributed by atoms with van der Waals surface area (Å²) >= 11 is 0. The van der Waals surface area contributed by atoms with Gasteiger partial charge in [0, 0.05) is 26.4 Å². The van der Waals surface area contributed by atoms with Crippen LogP contribution in [0, 0.1) is 11.3 Å². The molecule has 0 spiro atoms. The Hall–Kier alpha value is -1.44. The van der Waals surface area contributed by atoms with Crippen LogP contribution in [0.3, 0.4) is 0 Å². The van der Waals surface area contributed by atoms with Gasteiger partial charge in [-0.05, 0) is 37.0 Å². The van der Waals surface area contributed by atoms with Gasteiger partial charge in [0.2, 0.25) is 0 Å². The van der Waals surface area contributed by atoms with E-state index in [4.69, 9.17) is 10.00 Å². The SMILES string of the molecule is COC1(CNCc2ccnc(C#N)c2)CCC1. The van der Waals surface area contributed by atoms with Crippen LogP contribution in [0.15, 0.2) is 18.3 Å². The van der Waals surface area contributed by atoms with Gasteiger partial charge in [-0.3, -0.25) is 0 Å². The zero-order valence-electron chi connectivity index (χ0n) is 10.1. The summed E-state index contributed by atoms with van der Waals surface area (Å²) < 4.78 is 5.53. The third kappa shape index (κ3) is 2.82. The van der Waals surface area contributed by atoms with Crippen LogP contribution in [-0.2, 0) is 11.3 Å². The highest BCUT2D eigenvalue weighted by Crippen LogP contribution is 2.34. The predicted octanol–water partition coefficient (Wildman–Crippen LogP) is 1.61. The monoisotopic (exact) mass is 231 g/mol. The van der Waals surface area contributed by atoms with Crippen molar-refractivity contribution >= 4 is 0 Å². The molecule has 0 amide bonds. The Kier molecular flexibility index (Phi) is 3.72. The van der Waals surface area contributed by atoms with Crippen LogP contribution in [-0.4, -0.2) is 24.2 Å². The van der Waals surface area contributed by atoms with E-state index in [1.54, 1.807) is 13.3 Å². The van der Waals surface area contributed by atoms with Crippen LogP contribution in [0.25, 0.3) is 0 Å². The second kappa shape index (κ2) is 5.26. The largest absolute Gasteiger partial charge is 0.377 e. The van der Waals surface area contributed by atoms with Gasteiger partial charge in [0.25, 0.3) is 0 Å². The molecule has 2 rings (SSSR count). The van der Waals surface area contributed by atoms with E-state index in [-0.39, 0.29) is 5.60 Å². The number of pyridine rings is 1. The predicted molar refractivity (Wildman–Crippen MR) is 64.2 cm³/mol. The van der Waals surface area contributed by atoms with Gasteiger partial charge in [-0.25, -0.2) is 4.98 Å². The van der Waals surface area contributed by atoms with E-state index in [2.05, 4.69) is 10.3 Å². The Bertz CT molecular complexity index is 415. The molecule has 0 bridgehead atoms. The lowest BCUT2D eigenvalue weighted by atomic mass is 9.80. The fourth-order valence-electron chi connectivity index (χ4n) is 2.10. The first kappa shape index (κ1) is 12.0. The first-order valence-electron chi connectivity index (χ1n) is 5.89. The molecular formula is C13H17N3O. The lowest BCUT2D eigenvalue weighted by Crippen LogP contribution is -2.47. The number of nitrogens with zero attached hydrogens (tertiary/aromatic N) is 2. The van der Waals surface area contributed by atoms with Crippen LogP contribution >= 0.6 is 0 Å². The molecule has 4 heteroatoms. The fourth-order valence-corrected chi connectivity index (χ4v) is 2.10. The second-order valence-electron chi connectivity index (χ2n) is 4.51. The molecule has 1 saturated carbocycles. The van der Waals surface area contributed by atoms with Crippen molar-refractivity contribution < 1.29 is 4.74 Å². The summed E-state index contributed by atoms with van der Waals surface area (Å²) in [7, 11) is 1.78. The van der Waals surface area contributed by atoms with Crippen LogP contribution in [0.4, 0.5) is 0 Å². The highest BCUT2D eigenvalue weighted by Gasteiger charge is 2.36. The summed E-state index contributed by atoms with van der Waals surface area (Å²) in [6.45, 7) is 1.62. The Labute approximate surface area is 102 Å². The van der Waals surface area contributed by atoms with Crippen molar-refractivity contribution in [1.82, 2.24) is 10.3 Å². The molecule has 0 aromatic carbocycles. The van der Waals surface area contributed by atoms with E-state index < -0.39 is 0 Å². The molecule has 1 heterocycles. The molecule has 0 atom stereocenters. The van der Waals surface area contributed by atoms with Crippen molar-refractivity contribution in [2.75, 3.05) is 13.7 Å². The third-order valence-corrected chi connectivity index (χ3v) is 3.41.